The van der Waals surface area contributed by atoms with E-state index in [0.29, 0.717) is 25.4 Å². The van der Waals surface area contributed by atoms with E-state index in [1.165, 1.54) is 0 Å². The molecule has 2 heterocycles. The molecule has 1 aliphatic heterocycles. The van der Waals surface area contributed by atoms with Gasteiger partial charge in [-0.1, -0.05) is 32.9 Å². The molecule has 0 fully saturated rings. The van der Waals surface area contributed by atoms with Crippen molar-refractivity contribution >= 4 is 0 Å². The van der Waals surface area contributed by atoms with E-state index >= 15 is 0 Å². The van der Waals surface area contributed by atoms with Crippen LogP contribution in [0, 0.1) is 0 Å². The van der Waals surface area contributed by atoms with Crippen LogP contribution in [0.1, 0.15) is 50.3 Å². The third-order valence-corrected chi connectivity index (χ3v) is 4.63. The van der Waals surface area contributed by atoms with E-state index in [1.54, 1.807) is 6.07 Å². The molecule has 6 nitrogen and oxygen atoms in total. The van der Waals surface area contributed by atoms with Gasteiger partial charge in [-0.15, -0.1) is 0 Å². The summed E-state index contributed by atoms with van der Waals surface area (Å²) in [6.45, 7) is 10.4. The lowest BCUT2D eigenvalue weighted by Gasteiger charge is -2.29. The van der Waals surface area contributed by atoms with Gasteiger partial charge in [0.1, 0.15) is 5.82 Å². The standard InChI is InChI=1S/C20H27N3O3/c1-5-26-16-8-6-7-13(17(16)24)11-23-10-9-15-14(12-23)18(25)22-19(21-15)20(2,3)4/h6-8,24H,5,9-12H2,1-4H3,(H,21,22,25). The second-order valence-electron chi connectivity index (χ2n) is 7.75. The molecule has 0 radical (unpaired) electrons. The Balaban J connectivity index is 1.82. The SMILES string of the molecule is CCOc1cccc(CN2CCc3nc(C(C)(C)C)[nH]c(=O)c3C2)c1O. The predicted molar refractivity (Wildman–Crippen MR) is 101 cm³/mol. The van der Waals surface area contributed by atoms with Crippen molar-refractivity contribution in [3.8, 4) is 11.5 Å². The third kappa shape index (κ3) is 3.75. The number of benzene rings is 1. The van der Waals surface area contributed by atoms with Crippen molar-refractivity contribution < 1.29 is 9.84 Å². The maximum Gasteiger partial charge on any atom is 0.255 e. The van der Waals surface area contributed by atoms with E-state index < -0.39 is 0 Å². The Morgan fingerprint density at radius 3 is 2.81 bits per heavy atom. The van der Waals surface area contributed by atoms with Crippen molar-refractivity contribution in [3.63, 3.8) is 0 Å². The van der Waals surface area contributed by atoms with Crippen LogP contribution >= 0.6 is 0 Å². The molecule has 0 aliphatic carbocycles. The van der Waals surface area contributed by atoms with Gasteiger partial charge in [0.15, 0.2) is 11.5 Å². The van der Waals surface area contributed by atoms with Crippen molar-refractivity contribution in [2.24, 2.45) is 0 Å². The van der Waals surface area contributed by atoms with Crippen LogP contribution in [-0.2, 0) is 24.9 Å². The largest absolute Gasteiger partial charge is 0.504 e. The Hall–Kier alpha value is -2.34. The highest BCUT2D eigenvalue weighted by atomic mass is 16.5. The molecule has 1 aliphatic rings. The Bertz CT molecular complexity index is 852. The summed E-state index contributed by atoms with van der Waals surface area (Å²) in [4.78, 5) is 22.3. The van der Waals surface area contributed by atoms with Crippen LogP contribution in [-0.4, -0.2) is 33.1 Å². The van der Waals surface area contributed by atoms with Gasteiger partial charge in [-0.2, -0.15) is 0 Å². The summed E-state index contributed by atoms with van der Waals surface area (Å²) in [5, 5.41) is 10.4. The van der Waals surface area contributed by atoms with Gasteiger partial charge in [-0.3, -0.25) is 9.69 Å². The minimum atomic E-state index is -0.184. The summed E-state index contributed by atoms with van der Waals surface area (Å²) in [5.74, 6) is 1.41. The van der Waals surface area contributed by atoms with Crippen molar-refractivity contribution in [2.75, 3.05) is 13.2 Å². The quantitative estimate of drug-likeness (QED) is 0.880. The van der Waals surface area contributed by atoms with Gasteiger partial charge < -0.3 is 14.8 Å². The molecule has 1 aromatic heterocycles. The van der Waals surface area contributed by atoms with Gasteiger partial charge >= 0.3 is 0 Å². The zero-order valence-corrected chi connectivity index (χ0v) is 15.9. The predicted octanol–water partition coefficient (Wildman–Crippen LogP) is 2.73. The Morgan fingerprint density at radius 2 is 2.12 bits per heavy atom. The van der Waals surface area contributed by atoms with Crippen LogP contribution < -0.4 is 10.3 Å². The first kappa shape index (κ1) is 18.5. The summed E-state index contributed by atoms with van der Waals surface area (Å²) in [5.41, 5.74) is 2.18. The first-order valence-corrected chi connectivity index (χ1v) is 9.08. The fourth-order valence-electron chi connectivity index (χ4n) is 3.18. The normalized spacial score (nSPS) is 14.9. The second-order valence-corrected chi connectivity index (χ2v) is 7.75. The van der Waals surface area contributed by atoms with Gasteiger partial charge in [0.25, 0.3) is 5.56 Å². The van der Waals surface area contributed by atoms with Crippen molar-refractivity contribution in [3.05, 3.63) is 51.2 Å². The number of hydrogen-bond donors (Lipinski definition) is 2. The van der Waals surface area contributed by atoms with Crippen LogP contribution in [0.5, 0.6) is 11.5 Å². The van der Waals surface area contributed by atoms with Crippen LogP contribution in [0.25, 0.3) is 0 Å². The van der Waals surface area contributed by atoms with Crippen molar-refractivity contribution in [1.82, 2.24) is 14.9 Å². The molecule has 2 aromatic rings. The van der Waals surface area contributed by atoms with Crippen LogP contribution in [0.3, 0.4) is 0 Å². The number of aromatic amines is 1. The Labute approximate surface area is 153 Å². The molecule has 0 unspecified atom stereocenters. The summed E-state index contributed by atoms with van der Waals surface area (Å²) < 4.78 is 5.45. The smallest absolute Gasteiger partial charge is 0.255 e. The van der Waals surface area contributed by atoms with E-state index in [0.717, 1.165) is 35.6 Å². The summed E-state index contributed by atoms with van der Waals surface area (Å²) in [6.07, 6.45) is 0.730. The van der Waals surface area contributed by atoms with E-state index in [2.05, 4.69) is 9.88 Å². The summed E-state index contributed by atoms with van der Waals surface area (Å²) in [6, 6.07) is 5.52. The van der Waals surface area contributed by atoms with E-state index in [9.17, 15) is 9.90 Å². The fraction of sp³-hybridized carbons (Fsp3) is 0.500. The molecule has 26 heavy (non-hydrogen) atoms. The van der Waals surface area contributed by atoms with Gasteiger partial charge in [0.05, 0.1) is 17.9 Å². The van der Waals surface area contributed by atoms with E-state index in [-0.39, 0.29) is 16.7 Å². The topological polar surface area (TPSA) is 78.5 Å². The molecule has 0 atom stereocenters. The van der Waals surface area contributed by atoms with Gasteiger partial charge in [0, 0.05) is 37.0 Å². The third-order valence-electron chi connectivity index (χ3n) is 4.63. The number of H-pyrrole nitrogens is 1. The highest BCUT2D eigenvalue weighted by molar-refractivity contribution is 5.45. The molecule has 140 valence electrons. The number of nitrogens with one attached hydrogen (secondary N) is 1. The zero-order valence-electron chi connectivity index (χ0n) is 15.9. The molecule has 6 heteroatoms. The molecular formula is C20H27N3O3. The number of aromatic hydroxyl groups is 1. The van der Waals surface area contributed by atoms with Gasteiger partial charge in [-0.05, 0) is 13.0 Å². The van der Waals surface area contributed by atoms with Gasteiger partial charge in [0.2, 0.25) is 0 Å². The summed E-state index contributed by atoms with van der Waals surface area (Å²) >= 11 is 0. The maximum absolute atomic E-state index is 12.5. The fourth-order valence-corrected chi connectivity index (χ4v) is 3.18. The van der Waals surface area contributed by atoms with Crippen molar-refractivity contribution in [1.29, 1.82) is 0 Å². The number of ether oxygens (including phenoxy) is 1. The Morgan fingerprint density at radius 1 is 1.35 bits per heavy atom. The number of hydrogen-bond acceptors (Lipinski definition) is 5. The first-order valence-electron chi connectivity index (χ1n) is 9.08. The monoisotopic (exact) mass is 357 g/mol. The lowest BCUT2D eigenvalue weighted by molar-refractivity contribution is 0.236. The molecule has 1 aromatic carbocycles. The number of phenolic OH excluding ortho intramolecular Hbond substituents is 1. The molecule has 0 bridgehead atoms. The van der Waals surface area contributed by atoms with Crippen LogP contribution in [0.15, 0.2) is 23.0 Å². The number of para-hydroxylation sites is 1. The number of fused-ring (bicyclic) bond motifs is 1. The minimum absolute atomic E-state index is 0.0584. The Kier molecular flexibility index (Phi) is 5.05. The van der Waals surface area contributed by atoms with E-state index in [1.807, 2.05) is 39.8 Å². The van der Waals surface area contributed by atoms with Crippen LogP contribution in [0.2, 0.25) is 0 Å². The molecule has 3 rings (SSSR count). The molecule has 0 saturated heterocycles. The lowest BCUT2D eigenvalue weighted by Crippen LogP contribution is -2.37. The number of nitrogens with zero attached hydrogens (tertiary/aromatic N) is 2. The molecule has 0 spiro atoms. The number of rotatable bonds is 4. The molecule has 0 saturated carbocycles. The lowest BCUT2D eigenvalue weighted by atomic mass is 9.95. The molecule has 0 amide bonds. The summed E-state index contributed by atoms with van der Waals surface area (Å²) in [7, 11) is 0. The zero-order chi connectivity index (χ0) is 18.9. The van der Waals surface area contributed by atoms with Crippen LogP contribution in [0.4, 0.5) is 0 Å². The number of aromatic nitrogens is 2. The average Bonchev–Trinajstić information content (AvgIpc) is 2.58. The van der Waals surface area contributed by atoms with E-state index in [4.69, 9.17) is 9.72 Å². The molecule has 2 N–H and O–H groups in total. The second kappa shape index (κ2) is 7.11. The maximum atomic E-state index is 12.5. The first-order chi connectivity index (χ1) is 12.3. The minimum Gasteiger partial charge on any atom is -0.504 e. The van der Waals surface area contributed by atoms with Crippen molar-refractivity contribution in [2.45, 2.75) is 52.6 Å². The highest BCUT2D eigenvalue weighted by Gasteiger charge is 2.25. The highest BCUT2D eigenvalue weighted by Crippen LogP contribution is 2.31. The molecular weight excluding hydrogens is 330 g/mol. The average molecular weight is 357 g/mol. The van der Waals surface area contributed by atoms with Gasteiger partial charge in [-0.25, -0.2) is 4.98 Å². The number of phenols is 1.